The highest BCUT2D eigenvalue weighted by Crippen LogP contribution is 2.07. The van der Waals surface area contributed by atoms with Crippen molar-refractivity contribution >= 4 is 28.5 Å². The van der Waals surface area contributed by atoms with Gasteiger partial charge in [0.15, 0.2) is 0 Å². The van der Waals surface area contributed by atoms with Crippen LogP contribution in [-0.2, 0) is 0 Å². The molecule has 0 aromatic heterocycles. The van der Waals surface area contributed by atoms with Crippen LogP contribution in [0, 0.1) is 3.57 Å². The van der Waals surface area contributed by atoms with Gasteiger partial charge in [-0.2, -0.15) is 0 Å². The number of amides is 1. The second-order valence-corrected chi connectivity index (χ2v) is 5.72. The van der Waals surface area contributed by atoms with E-state index in [1.165, 1.54) is 0 Å². The van der Waals surface area contributed by atoms with Crippen LogP contribution in [0.3, 0.4) is 0 Å². The van der Waals surface area contributed by atoms with Crippen molar-refractivity contribution in [3.05, 3.63) is 33.4 Å². The molecule has 1 N–H and O–H groups in total. The van der Waals surface area contributed by atoms with Crippen molar-refractivity contribution in [2.75, 3.05) is 20.6 Å². The number of rotatable bonds is 5. The highest BCUT2D eigenvalue weighted by Gasteiger charge is 2.09. The molecule has 1 unspecified atom stereocenters. The van der Waals surface area contributed by atoms with Crippen LogP contribution in [0.1, 0.15) is 23.7 Å². The van der Waals surface area contributed by atoms with Gasteiger partial charge < -0.3 is 10.2 Å². The van der Waals surface area contributed by atoms with E-state index in [0.717, 1.165) is 22.1 Å². The van der Waals surface area contributed by atoms with E-state index < -0.39 is 0 Å². The molecule has 0 bridgehead atoms. The molecule has 0 heterocycles. The third-order valence-corrected chi connectivity index (χ3v) is 3.21. The maximum absolute atomic E-state index is 11.9. The molecular formula is C13H19IN2O. The van der Waals surface area contributed by atoms with Crippen LogP contribution in [-0.4, -0.2) is 37.5 Å². The third kappa shape index (κ3) is 5.50. The largest absolute Gasteiger partial charge is 0.350 e. The summed E-state index contributed by atoms with van der Waals surface area (Å²) in [5, 5.41) is 3.00. The van der Waals surface area contributed by atoms with E-state index in [0.29, 0.717) is 0 Å². The molecule has 0 saturated carbocycles. The number of carbonyl (C=O) groups excluding carboxylic acids is 1. The summed E-state index contributed by atoms with van der Waals surface area (Å²) in [6.45, 7) is 3.02. The van der Waals surface area contributed by atoms with Crippen molar-refractivity contribution in [2.24, 2.45) is 0 Å². The van der Waals surface area contributed by atoms with E-state index in [1.807, 2.05) is 45.3 Å². The molecule has 3 nitrogen and oxygen atoms in total. The standard InChI is InChI=1S/C13H19IN2O/c1-10(8-9-16(2)3)15-13(17)11-4-6-12(14)7-5-11/h4-7,10H,8-9H2,1-3H3,(H,15,17). The van der Waals surface area contributed by atoms with Gasteiger partial charge >= 0.3 is 0 Å². The van der Waals surface area contributed by atoms with Gasteiger partial charge in [-0.1, -0.05) is 0 Å². The van der Waals surface area contributed by atoms with Crippen molar-refractivity contribution < 1.29 is 4.79 Å². The number of benzene rings is 1. The van der Waals surface area contributed by atoms with Gasteiger partial charge in [-0.05, 0) is 80.8 Å². The van der Waals surface area contributed by atoms with Gasteiger partial charge in [0.2, 0.25) is 0 Å². The smallest absolute Gasteiger partial charge is 0.251 e. The van der Waals surface area contributed by atoms with Gasteiger partial charge in [-0.25, -0.2) is 0 Å². The Morgan fingerprint density at radius 1 is 1.35 bits per heavy atom. The molecule has 1 rings (SSSR count). The zero-order chi connectivity index (χ0) is 12.8. The first-order valence-electron chi connectivity index (χ1n) is 5.70. The lowest BCUT2D eigenvalue weighted by Gasteiger charge is -2.16. The molecule has 1 atom stereocenters. The maximum atomic E-state index is 11.9. The predicted molar refractivity (Wildman–Crippen MR) is 79.3 cm³/mol. The molecule has 0 fully saturated rings. The van der Waals surface area contributed by atoms with Crippen molar-refractivity contribution in [1.82, 2.24) is 10.2 Å². The molecular weight excluding hydrogens is 327 g/mol. The summed E-state index contributed by atoms with van der Waals surface area (Å²) in [5.41, 5.74) is 0.724. The van der Waals surface area contributed by atoms with Crippen LogP contribution in [0.5, 0.6) is 0 Å². The van der Waals surface area contributed by atoms with E-state index in [9.17, 15) is 4.79 Å². The Bertz CT molecular complexity index is 362. The summed E-state index contributed by atoms with van der Waals surface area (Å²) in [5.74, 6) is 0.00709. The van der Waals surface area contributed by atoms with Crippen molar-refractivity contribution in [2.45, 2.75) is 19.4 Å². The van der Waals surface area contributed by atoms with Crippen LogP contribution >= 0.6 is 22.6 Å². The van der Waals surface area contributed by atoms with Crippen molar-refractivity contribution in [1.29, 1.82) is 0 Å². The summed E-state index contributed by atoms with van der Waals surface area (Å²) in [6, 6.07) is 7.80. The van der Waals surface area contributed by atoms with Gasteiger partial charge in [0.25, 0.3) is 5.91 Å². The van der Waals surface area contributed by atoms with Gasteiger partial charge in [-0.3, -0.25) is 4.79 Å². The van der Waals surface area contributed by atoms with Gasteiger partial charge in [0.05, 0.1) is 0 Å². The second-order valence-electron chi connectivity index (χ2n) is 4.47. The molecule has 94 valence electrons. The molecule has 0 radical (unpaired) electrons. The predicted octanol–water partition coefficient (Wildman–Crippen LogP) is 2.36. The summed E-state index contributed by atoms with van der Waals surface area (Å²) < 4.78 is 1.14. The number of carbonyl (C=O) groups is 1. The normalized spacial score (nSPS) is 12.5. The first-order valence-corrected chi connectivity index (χ1v) is 6.78. The van der Waals surface area contributed by atoms with Gasteiger partial charge in [0.1, 0.15) is 0 Å². The van der Waals surface area contributed by atoms with E-state index in [1.54, 1.807) is 0 Å². The number of halogens is 1. The lowest BCUT2D eigenvalue weighted by atomic mass is 10.2. The average molecular weight is 346 g/mol. The molecule has 0 spiro atoms. The van der Waals surface area contributed by atoms with Crippen molar-refractivity contribution in [3.8, 4) is 0 Å². The molecule has 0 aliphatic rings. The Balaban J connectivity index is 2.46. The molecule has 1 aromatic carbocycles. The van der Waals surface area contributed by atoms with Crippen molar-refractivity contribution in [3.63, 3.8) is 0 Å². The van der Waals surface area contributed by atoms with E-state index >= 15 is 0 Å². The molecule has 4 heteroatoms. The minimum atomic E-state index is 0.00709. The monoisotopic (exact) mass is 346 g/mol. The number of hydrogen-bond acceptors (Lipinski definition) is 2. The zero-order valence-electron chi connectivity index (χ0n) is 10.5. The molecule has 1 aromatic rings. The Morgan fingerprint density at radius 3 is 2.47 bits per heavy atom. The molecule has 0 saturated heterocycles. The number of nitrogens with one attached hydrogen (secondary N) is 1. The SMILES string of the molecule is CC(CCN(C)C)NC(=O)c1ccc(I)cc1. The number of hydrogen-bond donors (Lipinski definition) is 1. The quantitative estimate of drug-likeness (QED) is 0.831. The van der Waals surface area contributed by atoms with E-state index in [4.69, 9.17) is 0 Å². The zero-order valence-corrected chi connectivity index (χ0v) is 12.7. The summed E-state index contributed by atoms with van der Waals surface area (Å²) >= 11 is 2.23. The lowest BCUT2D eigenvalue weighted by Crippen LogP contribution is -2.34. The fourth-order valence-electron chi connectivity index (χ4n) is 1.43. The fourth-order valence-corrected chi connectivity index (χ4v) is 1.79. The van der Waals surface area contributed by atoms with Crippen LogP contribution < -0.4 is 5.32 Å². The molecule has 0 aliphatic heterocycles. The summed E-state index contributed by atoms with van der Waals surface area (Å²) in [6.07, 6.45) is 0.961. The molecule has 17 heavy (non-hydrogen) atoms. The Kier molecular flexibility index (Phi) is 5.91. The van der Waals surface area contributed by atoms with Crippen LogP contribution in [0.15, 0.2) is 24.3 Å². The highest BCUT2D eigenvalue weighted by atomic mass is 127. The van der Waals surface area contributed by atoms with Crippen LogP contribution in [0.2, 0.25) is 0 Å². The van der Waals surface area contributed by atoms with Crippen LogP contribution in [0.25, 0.3) is 0 Å². The lowest BCUT2D eigenvalue weighted by molar-refractivity contribution is 0.0937. The Labute approximate surface area is 117 Å². The number of nitrogens with zero attached hydrogens (tertiary/aromatic N) is 1. The topological polar surface area (TPSA) is 32.3 Å². The second kappa shape index (κ2) is 6.96. The maximum Gasteiger partial charge on any atom is 0.251 e. The summed E-state index contributed by atoms with van der Waals surface area (Å²) in [7, 11) is 4.07. The fraction of sp³-hybridized carbons (Fsp3) is 0.462. The molecule has 1 amide bonds. The van der Waals surface area contributed by atoms with Gasteiger partial charge in [-0.15, -0.1) is 0 Å². The van der Waals surface area contributed by atoms with E-state index in [2.05, 4.69) is 32.8 Å². The first-order chi connectivity index (χ1) is 7.99. The average Bonchev–Trinajstić information content (AvgIpc) is 2.27. The summed E-state index contributed by atoms with van der Waals surface area (Å²) in [4.78, 5) is 14.0. The third-order valence-electron chi connectivity index (χ3n) is 2.49. The minimum Gasteiger partial charge on any atom is -0.350 e. The first kappa shape index (κ1) is 14.4. The van der Waals surface area contributed by atoms with Gasteiger partial charge in [0, 0.05) is 15.2 Å². The molecule has 0 aliphatic carbocycles. The Morgan fingerprint density at radius 2 is 1.94 bits per heavy atom. The van der Waals surface area contributed by atoms with E-state index in [-0.39, 0.29) is 11.9 Å². The minimum absolute atomic E-state index is 0.00709. The Hall–Kier alpha value is -0.620. The highest BCUT2D eigenvalue weighted by molar-refractivity contribution is 14.1. The van der Waals surface area contributed by atoms with Crippen LogP contribution in [0.4, 0.5) is 0 Å².